The molecule has 3 nitrogen and oxygen atoms in total. The molecule has 0 amide bonds. The average Bonchev–Trinajstić information content (AvgIpc) is 2.99. The summed E-state index contributed by atoms with van der Waals surface area (Å²) in [7, 11) is 1.62. The second kappa shape index (κ2) is 3.00. The van der Waals surface area contributed by atoms with Gasteiger partial charge in [0, 0.05) is 24.2 Å². The molecule has 1 fully saturated rings. The van der Waals surface area contributed by atoms with Gasteiger partial charge >= 0.3 is 0 Å². The van der Waals surface area contributed by atoms with E-state index in [-0.39, 0.29) is 5.41 Å². The molecule has 0 radical (unpaired) electrons. The average molecular weight is 178 g/mol. The number of ether oxygens (including phenoxy) is 1. The summed E-state index contributed by atoms with van der Waals surface area (Å²) in [5.41, 5.74) is 7.19. The zero-order chi connectivity index (χ0) is 9.31. The Balaban J connectivity index is 2.23. The number of aromatic nitrogens is 1. The molecule has 70 valence electrons. The summed E-state index contributed by atoms with van der Waals surface area (Å²) >= 11 is 0. The second-order valence-corrected chi connectivity index (χ2v) is 3.57. The lowest BCUT2D eigenvalue weighted by Gasteiger charge is -2.11. The minimum Gasteiger partial charge on any atom is -0.481 e. The number of hydrogen-bond acceptors (Lipinski definition) is 3. The third kappa shape index (κ3) is 1.40. The van der Waals surface area contributed by atoms with Gasteiger partial charge in [-0.15, -0.1) is 0 Å². The van der Waals surface area contributed by atoms with Crippen LogP contribution in [0.4, 0.5) is 0 Å². The van der Waals surface area contributed by atoms with Crippen molar-refractivity contribution in [2.45, 2.75) is 18.3 Å². The van der Waals surface area contributed by atoms with Crippen LogP contribution in [0.5, 0.6) is 5.88 Å². The van der Waals surface area contributed by atoms with E-state index in [9.17, 15) is 0 Å². The highest BCUT2D eigenvalue weighted by atomic mass is 16.5. The monoisotopic (exact) mass is 178 g/mol. The van der Waals surface area contributed by atoms with Crippen LogP contribution in [0.15, 0.2) is 18.3 Å². The Morgan fingerprint density at radius 2 is 2.31 bits per heavy atom. The molecule has 1 aromatic rings. The van der Waals surface area contributed by atoms with Crippen molar-refractivity contribution in [2.75, 3.05) is 13.7 Å². The summed E-state index contributed by atoms with van der Waals surface area (Å²) in [6.07, 6.45) is 4.26. The van der Waals surface area contributed by atoms with E-state index in [0.717, 1.165) is 6.54 Å². The Labute approximate surface area is 77.9 Å². The number of hydrogen-bond donors (Lipinski definition) is 1. The highest BCUT2D eigenvalue weighted by Gasteiger charge is 2.42. The normalized spacial score (nSPS) is 18.3. The van der Waals surface area contributed by atoms with Crippen molar-refractivity contribution < 1.29 is 4.74 Å². The molecule has 0 spiro atoms. The van der Waals surface area contributed by atoms with E-state index in [4.69, 9.17) is 10.5 Å². The van der Waals surface area contributed by atoms with Crippen molar-refractivity contribution in [2.24, 2.45) is 5.73 Å². The molecule has 0 bridgehead atoms. The molecule has 1 saturated carbocycles. The van der Waals surface area contributed by atoms with E-state index in [0.29, 0.717) is 5.88 Å². The summed E-state index contributed by atoms with van der Waals surface area (Å²) in [4.78, 5) is 4.17. The minimum atomic E-state index is 0.235. The van der Waals surface area contributed by atoms with Gasteiger partial charge in [-0.3, -0.25) is 0 Å². The Hall–Kier alpha value is -1.09. The van der Waals surface area contributed by atoms with Gasteiger partial charge in [0.1, 0.15) is 0 Å². The van der Waals surface area contributed by atoms with Gasteiger partial charge < -0.3 is 10.5 Å². The van der Waals surface area contributed by atoms with Crippen molar-refractivity contribution in [1.29, 1.82) is 0 Å². The molecular formula is C10H14N2O. The Morgan fingerprint density at radius 1 is 1.54 bits per heavy atom. The number of nitrogens with zero attached hydrogens (tertiary/aromatic N) is 1. The van der Waals surface area contributed by atoms with Gasteiger partial charge in [-0.1, -0.05) is 6.07 Å². The maximum absolute atomic E-state index is 5.71. The van der Waals surface area contributed by atoms with Crippen LogP contribution in [-0.4, -0.2) is 18.6 Å². The molecule has 1 aliphatic carbocycles. The lowest BCUT2D eigenvalue weighted by molar-refractivity contribution is 0.397. The van der Waals surface area contributed by atoms with Crippen molar-refractivity contribution in [3.8, 4) is 5.88 Å². The Kier molecular flexibility index (Phi) is 1.96. The molecule has 0 unspecified atom stereocenters. The second-order valence-electron chi connectivity index (χ2n) is 3.57. The van der Waals surface area contributed by atoms with E-state index in [1.54, 1.807) is 7.11 Å². The smallest absolute Gasteiger partial charge is 0.212 e. The maximum Gasteiger partial charge on any atom is 0.212 e. The van der Waals surface area contributed by atoms with E-state index >= 15 is 0 Å². The van der Waals surface area contributed by atoms with Gasteiger partial charge in [0.15, 0.2) is 0 Å². The van der Waals surface area contributed by atoms with E-state index < -0.39 is 0 Å². The molecule has 3 heteroatoms. The minimum absolute atomic E-state index is 0.235. The molecule has 0 atom stereocenters. The van der Waals surface area contributed by atoms with Gasteiger partial charge in [-0.25, -0.2) is 4.98 Å². The van der Waals surface area contributed by atoms with Crippen LogP contribution in [0, 0.1) is 0 Å². The molecule has 0 aromatic carbocycles. The van der Waals surface area contributed by atoms with Gasteiger partial charge in [0.2, 0.25) is 5.88 Å². The highest BCUT2D eigenvalue weighted by molar-refractivity contribution is 5.31. The molecule has 1 aromatic heterocycles. The molecule has 0 aliphatic heterocycles. The summed E-state index contributed by atoms with van der Waals surface area (Å²) in [5.74, 6) is 0.663. The summed E-state index contributed by atoms with van der Waals surface area (Å²) < 4.78 is 4.99. The number of methoxy groups -OCH3 is 1. The maximum atomic E-state index is 5.71. The first kappa shape index (κ1) is 8.51. The third-order valence-corrected chi connectivity index (χ3v) is 2.80. The summed E-state index contributed by atoms with van der Waals surface area (Å²) in [6.45, 7) is 0.723. The number of pyridine rings is 1. The molecule has 13 heavy (non-hydrogen) atoms. The fraction of sp³-hybridized carbons (Fsp3) is 0.500. The Morgan fingerprint density at radius 3 is 2.69 bits per heavy atom. The van der Waals surface area contributed by atoms with E-state index in [1.807, 2.05) is 12.3 Å². The quantitative estimate of drug-likeness (QED) is 0.753. The van der Waals surface area contributed by atoms with Crippen LogP contribution >= 0.6 is 0 Å². The molecule has 0 saturated heterocycles. The van der Waals surface area contributed by atoms with Crippen molar-refractivity contribution in [1.82, 2.24) is 4.98 Å². The largest absolute Gasteiger partial charge is 0.481 e. The first-order valence-corrected chi connectivity index (χ1v) is 4.51. The van der Waals surface area contributed by atoms with Crippen molar-refractivity contribution in [3.63, 3.8) is 0 Å². The van der Waals surface area contributed by atoms with Crippen molar-refractivity contribution >= 4 is 0 Å². The van der Waals surface area contributed by atoms with E-state index in [1.165, 1.54) is 18.4 Å². The topological polar surface area (TPSA) is 48.1 Å². The van der Waals surface area contributed by atoms with Gasteiger partial charge in [-0.05, 0) is 18.4 Å². The van der Waals surface area contributed by atoms with Crippen LogP contribution < -0.4 is 10.5 Å². The van der Waals surface area contributed by atoms with Gasteiger partial charge in [0.05, 0.1) is 7.11 Å². The lowest BCUT2D eigenvalue weighted by atomic mass is 9.98. The van der Waals surface area contributed by atoms with Crippen LogP contribution in [0.1, 0.15) is 18.4 Å². The fourth-order valence-corrected chi connectivity index (χ4v) is 1.58. The third-order valence-electron chi connectivity index (χ3n) is 2.80. The van der Waals surface area contributed by atoms with Crippen LogP contribution in [0.2, 0.25) is 0 Å². The number of nitrogens with two attached hydrogens (primary N) is 1. The predicted molar refractivity (Wildman–Crippen MR) is 50.8 cm³/mol. The molecule has 2 rings (SSSR count). The summed E-state index contributed by atoms with van der Waals surface area (Å²) in [5, 5.41) is 0. The molecular weight excluding hydrogens is 164 g/mol. The molecule has 1 aliphatic rings. The van der Waals surface area contributed by atoms with Crippen LogP contribution in [-0.2, 0) is 5.41 Å². The fourth-order valence-electron chi connectivity index (χ4n) is 1.58. The lowest BCUT2D eigenvalue weighted by Crippen LogP contribution is -2.19. The van der Waals surface area contributed by atoms with Crippen molar-refractivity contribution in [3.05, 3.63) is 23.9 Å². The number of rotatable bonds is 3. The molecule has 1 heterocycles. The first-order valence-electron chi connectivity index (χ1n) is 4.51. The Bertz CT molecular complexity index is 290. The zero-order valence-corrected chi connectivity index (χ0v) is 7.79. The van der Waals surface area contributed by atoms with E-state index in [2.05, 4.69) is 11.1 Å². The standard InChI is InChI=1S/C10H14N2O/c1-13-9-3-2-8(6-12-9)10(7-11)4-5-10/h2-3,6H,4-5,7,11H2,1H3. The zero-order valence-electron chi connectivity index (χ0n) is 7.79. The SMILES string of the molecule is COc1ccc(C2(CN)CC2)cn1. The predicted octanol–water partition coefficient (Wildman–Crippen LogP) is 1.08. The first-order chi connectivity index (χ1) is 6.30. The van der Waals surface area contributed by atoms with Gasteiger partial charge in [-0.2, -0.15) is 0 Å². The van der Waals surface area contributed by atoms with Crippen LogP contribution in [0.25, 0.3) is 0 Å². The van der Waals surface area contributed by atoms with Crippen LogP contribution in [0.3, 0.4) is 0 Å². The molecule has 2 N–H and O–H groups in total. The highest BCUT2D eigenvalue weighted by Crippen LogP contribution is 2.46. The summed E-state index contributed by atoms with van der Waals surface area (Å²) in [6, 6.07) is 3.96. The van der Waals surface area contributed by atoms with Gasteiger partial charge in [0.25, 0.3) is 0 Å².